The number of nitrogens with zero attached hydrogens (tertiary/aromatic N) is 2. The summed E-state index contributed by atoms with van der Waals surface area (Å²) in [6.07, 6.45) is 0.870. The predicted molar refractivity (Wildman–Crippen MR) is 165 cm³/mol. The van der Waals surface area contributed by atoms with Crippen LogP contribution in [-0.2, 0) is 9.59 Å². The number of hydrogen-bond donors (Lipinski definition) is 1. The van der Waals surface area contributed by atoms with E-state index in [1.165, 1.54) is 23.3 Å². The molecular weight excluding hydrogens is 576 g/mol. The van der Waals surface area contributed by atoms with Gasteiger partial charge in [-0.05, 0) is 79.4 Å². The number of fused-ring (bicyclic) bond motifs is 1. The lowest BCUT2D eigenvalue weighted by atomic mass is 9.95. The molecule has 0 spiro atoms. The van der Waals surface area contributed by atoms with E-state index in [0.717, 1.165) is 11.1 Å². The second kappa shape index (κ2) is 12.4. The maximum Gasteiger partial charge on any atom is 0.301 e. The number of methoxy groups -OCH3 is 1. The zero-order valence-electron chi connectivity index (χ0n) is 23.7. The van der Waals surface area contributed by atoms with E-state index < -0.39 is 17.7 Å². The number of hydrogen-bond acceptors (Lipinski definition) is 8. The minimum Gasteiger partial charge on any atom is -0.507 e. The lowest BCUT2D eigenvalue weighted by molar-refractivity contribution is -0.132. The minimum atomic E-state index is -0.980. The summed E-state index contributed by atoms with van der Waals surface area (Å²) < 4.78 is 17.9. The van der Waals surface area contributed by atoms with Crippen molar-refractivity contribution in [1.82, 2.24) is 4.98 Å². The van der Waals surface area contributed by atoms with Crippen LogP contribution < -0.4 is 19.1 Å². The lowest BCUT2D eigenvalue weighted by Crippen LogP contribution is -2.29. The number of amides is 1. The third-order valence-corrected chi connectivity index (χ3v) is 8.14. The standard InChI is InChI=1S/C32H31ClN2O6S/c1-5-40-22-10-6-19(7-11-22)29(36)27-28(20-8-13-24(25(16-20)39-4)41-15-14-18(2)3)35(31(38)30(27)37)32-34-23-12-9-21(33)17-26(23)42-32/h6-13,16-18,28,36H,5,14-15H2,1-4H3/b29-27+. The number of aromatic nitrogens is 1. The zero-order chi connectivity index (χ0) is 30.0. The van der Waals surface area contributed by atoms with E-state index in [1.807, 2.05) is 6.92 Å². The Kier molecular flexibility index (Phi) is 8.70. The van der Waals surface area contributed by atoms with Gasteiger partial charge in [-0.2, -0.15) is 0 Å². The van der Waals surface area contributed by atoms with Crippen molar-refractivity contribution < 1.29 is 28.9 Å². The third-order valence-electron chi connectivity index (χ3n) is 6.88. The average molecular weight is 607 g/mol. The highest BCUT2D eigenvalue weighted by molar-refractivity contribution is 7.22. The molecule has 4 aromatic rings. The van der Waals surface area contributed by atoms with Crippen molar-refractivity contribution in [3.8, 4) is 17.2 Å². The van der Waals surface area contributed by atoms with Gasteiger partial charge in [-0.3, -0.25) is 14.5 Å². The highest BCUT2D eigenvalue weighted by Gasteiger charge is 2.48. The Balaban J connectivity index is 1.64. The highest BCUT2D eigenvalue weighted by atomic mass is 35.5. The second-order valence-corrected chi connectivity index (χ2v) is 11.6. The molecule has 8 nitrogen and oxygen atoms in total. The number of anilines is 1. The zero-order valence-corrected chi connectivity index (χ0v) is 25.3. The number of benzene rings is 3. The fourth-order valence-corrected chi connectivity index (χ4v) is 6.01. The Labute approximate surface area is 253 Å². The van der Waals surface area contributed by atoms with Crippen molar-refractivity contribution >= 4 is 55.7 Å². The first-order valence-electron chi connectivity index (χ1n) is 13.6. The Morgan fingerprint density at radius 2 is 1.81 bits per heavy atom. The van der Waals surface area contributed by atoms with Crippen LogP contribution in [0.1, 0.15) is 44.4 Å². The molecule has 1 saturated heterocycles. The number of thiazole rings is 1. The summed E-state index contributed by atoms with van der Waals surface area (Å²) in [5, 5.41) is 12.3. The Morgan fingerprint density at radius 1 is 1.05 bits per heavy atom. The van der Waals surface area contributed by atoms with Crippen LogP contribution in [0.2, 0.25) is 5.02 Å². The Hall–Kier alpha value is -4.08. The van der Waals surface area contributed by atoms with Crippen molar-refractivity contribution in [2.45, 2.75) is 33.2 Å². The van der Waals surface area contributed by atoms with Gasteiger partial charge in [-0.25, -0.2) is 4.98 Å². The van der Waals surface area contributed by atoms with E-state index in [4.69, 9.17) is 25.8 Å². The fourth-order valence-electron chi connectivity index (χ4n) is 4.74. The van der Waals surface area contributed by atoms with Crippen LogP contribution in [0.15, 0.2) is 66.2 Å². The van der Waals surface area contributed by atoms with E-state index in [-0.39, 0.29) is 11.3 Å². The summed E-state index contributed by atoms with van der Waals surface area (Å²) in [6, 6.07) is 16.2. The summed E-state index contributed by atoms with van der Waals surface area (Å²) >= 11 is 7.44. The molecule has 0 saturated carbocycles. The molecule has 1 aliphatic rings. The molecule has 0 radical (unpaired) electrons. The molecule has 1 aromatic heterocycles. The number of Topliss-reactive ketones (excluding diaryl/α,β-unsaturated/α-hetero) is 1. The van der Waals surface area contributed by atoms with Crippen molar-refractivity contribution in [2.75, 3.05) is 25.2 Å². The first-order chi connectivity index (χ1) is 20.2. The molecule has 1 fully saturated rings. The van der Waals surface area contributed by atoms with E-state index in [1.54, 1.807) is 60.7 Å². The molecule has 1 amide bonds. The lowest BCUT2D eigenvalue weighted by Gasteiger charge is -2.24. The van der Waals surface area contributed by atoms with Crippen LogP contribution in [0.3, 0.4) is 0 Å². The third kappa shape index (κ3) is 5.80. The number of rotatable bonds is 10. The van der Waals surface area contributed by atoms with Crippen LogP contribution in [0, 0.1) is 5.92 Å². The molecule has 1 atom stereocenters. The number of aliphatic hydroxyl groups is 1. The number of ether oxygens (including phenoxy) is 3. The normalized spacial score (nSPS) is 16.4. The van der Waals surface area contributed by atoms with Gasteiger partial charge in [0.05, 0.1) is 42.2 Å². The van der Waals surface area contributed by atoms with Gasteiger partial charge in [-0.1, -0.05) is 42.9 Å². The summed E-state index contributed by atoms with van der Waals surface area (Å²) in [5.74, 6) is 0.162. The van der Waals surface area contributed by atoms with Crippen LogP contribution in [-0.4, -0.2) is 42.1 Å². The van der Waals surface area contributed by atoms with Crippen LogP contribution in [0.5, 0.6) is 17.2 Å². The quantitative estimate of drug-likeness (QED) is 0.114. The Morgan fingerprint density at radius 3 is 2.50 bits per heavy atom. The predicted octanol–water partition coefficient (Wildman–Crippen LogP) is 7.41. The van der Waals surface area contributed by atoms with Crippen LogP contribution in [0.25, 0.3) is 16.0 Å². The summed E-state index contributed by atoms with van der Waals surface area (Å²) in [4.78, 5) is 33.2. The summed E-state index contributed by atoms with van der Waals surface area (Å²) in [5.41, 5.74) is 1.50. The SMILES string of the molecule is CCOc1ccc(/C(O)=C2\C(=O)C(=O)N(c3nc4ccc(Cl)cc4s3)C2c2ccc(OCCC(C)C)c(OC)c2)cc1. The maximum absolute atomic E-state index is 13.6. The van der Waals surface area contributed by atoms with Gasteiger partial charge >= 0.3 is 5.91 Å². The summed E-state index contributed by atoms with van der Waals surface area (Å²) in [6.45, 7) is 7.11. The highest BCUT2D eigenvalue weighted by Crippen LogP contribution is 2.46. The van der Waals surface area contributed by atoms with Crippen molar-refractivity contribution in [1.29, 1.82) is 0 Å². The monoisotopic (exact) mass is 606 g/mol. The van der Waals surface area contributed by atoms with Crippen molar-refractivity contribution in [2.24, 2.45) is 5.92 Å². The van der Waals surface area contributed by atoms with Gasteiger partial charge < -0.3 is 19.3 Å². The van der Waals surface area contributed by atoms with Gasteiger partial charge in [0.15, 0.2) is 16.6 Å². The van der Waals surface area contributed by atoms with E-state index in [2.05, 4.69) is 18.8 Å². The van der Waals surface area contributed by atoms with Crippen LogP contribution >= 0.6 is 22.9 Å². The minimum absolute atomic E-state index is 0.0584. The van der Waals surface area contributed by atoms with Gasteiger partial charge in [0.25, 0.3) is 5.78 Å². The van der Waals surface area contributed by atoms with Crippen LogP contribution in [0.4, 0.5) is 5.13 Å². The summed E-state index contributed by atoms with van der Waals surface area (Å²) in [7, 11) is 1.53. The second-order valence-electron chi connectivity index (χ2n) is 10.2. The van der Waals surface area contributed by atoms with Crippen molar-refractivity contribution in [3.05, 3.63) is 82.4 Å². The number of carbonyl (C=O) groups is 2. The molecule has 5 rings (SSSR count). The largest absolute Gasteiger partial charge is 0.507 e. The number of ketones is 1. The van der Waals surface area contributed by atoms with E-state index >= 15 is 0 Å². The van der Waals surface area contributed by atoms with E-state index in [9.17, 15) is 14.7 Å². The number of halogens is 1. The maximum atomic E-state index is 13.6. The molecule has 1 unspecified atom stereocenters. The Bertz CT molecular complexity index is 1660. The molecule has 218 valence electrons. The number of carbonyl (C=O) groups excluding carboxylic acids is 2. The smallest absolute Gasteiger partial charge is 0.301 e. The van der Waals surface area contributed by atoms with Gasteiger partial charge in [-0.15, -0.1) is 0 Å². The molecule has 10 heteroatoms. The molecule has 42 heavy (non-hydrogen) atoms. The molecule has 1 N–H and O–H groups in total. The van der Waals surface area contributed by atoms with Gasteiger partial charge in [0, 0.05) is 10.6 Å². The topological polar surface area (TPSA) is 98.2 Å². The van der Waals surface area contributed by atoms with Gasteiger partial charge in [0.2, 0.25) is 0 Å². The van der Waals surface area contributed by atoms with Gasteiger partial charge in [0.1, 0.15) is 11.5 Å². The molecule has 1 aliphatic heterocycles. The molecule has 3 aromatic carbocycles. The fraction of sp³-hybridized carbons (Fsp3) is 0.281. The molecular formula is C32H31ClN2O6S. The first kappa shape index (κ1) is 29.4. The van der Waals surface area contributed by atoms with Crippen molar-refractivity contribution in [3.63, 3.8) is 0 Å². The first-order valence-corrected chi connectivity index (χ1v) is 14.8. The molecule has 0 aliphatic carbocycles. The number of aliphatic hydroxyl groups excluding tert-OH is 1. The van der Waals surface area contributed by atoms with E-state index in [0.29, 0.717) is 63.2 Å². The molecule has 0 bridgehead atoms. The average Bonchev–Trinajstić information content (AvgIpc) is 3.50. The molecule has 2 heterocycles.